The van der Waals surface area contributed by atoms with E-state index in [1.165, 1.54) is 48.5 Å². The lowest BCUT2D eigenvalue weighted by atomic mass is 9.93. The predicted molar refractivity (Wildman–Crippen MR) is 92.9 cm³/mol. The first-order valence-electron chi connectivity index (χ1n) is 8.17. The lowest BCUT2D eigenvalue weighted by Crippen LogP contribution is -2.99. The molecule has 28 heavy (non-hydrogen) atoms. The van der Waals surface area contributed by atoms with Gasteiger partial charge in [-0.05, 0) is 36.4 Å². The Kier molecular flexibility index (Phi) is 4.15. The summed E-state index contributed by atoms with van der Waals surface area (Å²) >= 11 is 0. The molecule has 3 N–H and O–H groups in total. The number of quaternary nitrogens is 1. The van der Waals surface area contributed by atoms with Gasteiger partial charge in [0.05, 0.1) is 5.69 Å². The largest absolute Gasteiger partial charge is 0.595 e. The number of nitrogens with one attached hydrogen (secondary N) is 1. The molecule has 1 saturated heterocycles. The summed E-state index contributed by atoms with van der Waals surface area (Å²) in [6.07, 6.45) is -1.24. The molecule has 142 valence electrons. The first-order chi connectivity index (χ1) is 13.4. The minimum absolute atomic E-state index is 0.00432. The van der Waals surface area contributed by atoms with Crippen molar-refractivity contribution in [2.24, 2.45) is 11.1 Å². The molecule has 0 aromatic heterocycles. The van der Waals surface area contributed by atoms with Gasteiger partial charge in [0.15, 0.2) is 5.69 Å². The van der Waals surface area contributed by atoms with E-state index in [-0.39, 0.29) is 28.4 Å². The number of rotatable bonds is 4. The number of amides is 2. The lowest BCUT2D eigenvalue weighted by Gasteiger charge is -2.15. The summed E-state index contributed by atoms with van der Waals surface area (Å²) in [5.41, 5.74) is 0.150. The van der Waals surface area contributed by atoms with Crippen LogP contribution in [0.15, 0.2) is 53.7 Å². The molecule has 10 heteroatoms. The highest BCUT2D eigenvalue weighted by atomic mass is 16.8. The number of ketones is 1. The van der Waals surface area contributed by atoms with Gasteiger partial charge in [-0.3, -0.25) is 14.4 Å². The zero-order valence-corrected chi connectivity index (χ0v) is 14.1. The molecule has 4 rings (SSSR count). The van der Waals surface area contributed by atoms with Gasteiger partial charge in [-0.25, -0.2) is 10.1 Å². The smallest absolute Gasteiger partial charge is 0.278 e. The number of aromatic hydroxyl groups is 1. The molecule has 2 aliphatic heterocycles. The second-order valence-corrected chi connectivity index (χ2v) is 6.22. The van der Waals surface area contributed by atoms with E-state index < -0.39 is 34.8 Å². The molecule has 0 radical (unpaired) electrons. The van der Waals surface area contributed by atoms with E-state index in [1.54, 1.807) is 0 Å². The summed E-state index contributed by atoms with van der Waals surface area (Å²) in [5.74, 6) is -3.16. The van der Waals surface area contributed by atoms with Crippen LogP contribution >= 0.6 is 0 Å². The maximum Gasteiger partial charge on any atom is 0.278 e. The highest BCUT2D eigenvalue weighted by Crippen LogP contribution is 2.34. The van der Waals surface area contributed by atoms with Crippen LogP contribution in [-0.2, 0) is 14.4 Å². The number of carbonyl (C=O) groups is 3. The summed E-state index contributed by atoms with van der Waals surface area (Å²) in [4.78, 5) is 44.1. The molecule has 1 fully saturated rings. The van der Waals surface area contributed by atoms with E-state index in [4.69, 9.17) is 10.0 Å². The third kappa shape index (κ3) is 2.72. The number of imide groups is 1. The number of anilines is 1. The third-order valence-electron chi connectivity index (χ3n) is 4.55. The molecule has 2 aromatic carbocycles. The Morgan fingerprint density at radius 1 is 1.07 bits per heavy atom. The molecule has 3 unspecified atom stereocenters. The molecule has 10 nitrogen and oxygen atoms in total. The SMILES string of the molecule is O=C(C1=NOC2C(=O)N(c3ccc(O)cc3)C(=O)C12)c1ccc([NH+]([O-])O)cc1. The van der Waals surface area contributed by atoms with Crippen molar-refractivity contribution in [1.82, 2.24) is 0 Å². The number of phenols is 1. The number of carbonyl (C=O) groups excluding carboxylic acids is 3. The van der Waals surface area contributed by atoms with Gasteiger partial charge in [0.2, 0.25) is 17.8 Å². The Bertz CT molecular complexity index is 999. The highest BCUT2D eigenvalue weighted by Gasteiger charge is 2.57. The van der Waals surface area contributed by atoms with Crippen molar-refractivity contribution in [2.75, 3.05) is 4.90 Å². The number of fused-ring (bicyclic) bond motifs is 1. The van der Waals surface area contributed by atoms with Crippen molar-refractivity contribution >= 4 is 34.7 Å². The van der Waals surface area contributed by atoms with Gasteiger partial charge in [0.25, 0.3) is 5.91 Å². The normalized spacial score (nSPS) is 21.9. The number of hydrogen-bond acceptors (Lipinski definition) is 8. The Labute approximate surface area is 157 Å². The molecule has 3 atom stereocenters. The van der Waals surface area contributed by atoms with Crippen LogP contribution in [0.5, 0.6) is 5.75 Å². The minimum atomic E-state index is -1.24. The Hall–Kier alpha value is -3.60. The number of Topliss-reactive ketones (excluding diaryl/α,β-unsaturated/α-hetero) is 1. The summed E-state index contributed by atoms with van der Waals surface area (Å²) in [6, 6.07) is 10.6. The standard InChI is InChI=1S/C18H13N3O7/c22-12-7-5-10(6-8-12)20-17(24)13-14(19-28-16(13)18(20)25)15(23)9-1-3-11(4-2-9)21(26)27/h1-8,13,16,21-22,26H. The van der Waals surface area contributed by atoms with Crippen molar-refractivity contribution in [3.05, 3.63) is 59.3 Å². The molecule has 2 amide bonds. The molecule has 2 heterocycles. The third-order valence-corrected chi connectivity index (χ3v) is 4.55. The average Bonchev–Trinajstić information content (AvgIpc) is 3.23. The fourth-order valence-corrected chi connectivity index (χ4v) is 3.13. The van der Waals surface area contributed by atoms with Crippen LogP contribution in [0.2, 0.25) is 0 Å². The maximum absolute atomic E-state index is 12.8. The van der Waals surface area contributed by atoms with Gasteiger partial charge in [0.1, 0.15) is 17.4 Å². The van der Waals surface area contributed by atoms with Crippen LogP contribution in [0.25, 0.3) is 0 Å². The summed E-state index contributed by atoms with van der Waals surface area (Å²) in [6.45, 7) is 0. The lowest BCUT2D eigenvalue weighted by molar-refractivity contribution is -0.991. The van der Waals surface area contributed by atoms with Gasteiger partial charge in [-0.1, -0.05) is 5.16 Å². The van der Waals surface area contributed by atoms with E-state index in [0.717, 1.165) is 4.90 Å². The zero-order valence-electron chi connectivity index (χ0n) is 14.1. The van der Waals surface area contributed by atoms with Crippen molar-refractivity contribution in [1.29, 1.82) is 0 Å². The first kappa shape index (κ1) is 17.8. The molecule has 2 aromatic rings. The maximum atomic E-state index is 12.8. The number of oxime groups is 1. The van der Waals surface area contributed by atoms with Crippen molar-refractivity contribution < 1.29 is 34.8 Å². The zero-order chi connectivity index (χ0) is 20.0. The quantitative estimate of drug-likeness (QED) is 0.381. The van der Waals surface area contributed by atoms with Crippen LogP contribution in [0.4, 0.5) is 11.4 Å². The van der Waals surface area contributed by atoms with Crippen molar-refractivity contribution in [3.63, 3.8) is 0 Å². The van der Waals surface area contributed by atoms with Gasteiger partial charge in [-0.2, -0.15) is 5.23 Å². The number of nitrogens with zero attached hydrogens (tertiary/aromatic N) is 2. The monoisotopic (exact) mass is 383 g/mol. The Morgan fingerprint density at radius 3 is 2.32 bits per heavy atom. The summed E-state index contributed by atoms with van der Waals surface area (Å²) < 4.78 is 0. The van der Waals surface area contributed by atoms with Crippen molar-refractivity contribution in [2.45, 2.75) is 6.10 Å². The van der Waals surface area contributed by atoms with E-state index in [0.29, 0.717) is 0 Å². The fourth-order valence-electron chi connectivity index (χ4n) is 3.13. The van der Waals surface area contributed by atoms with Gasteiger partial charge < -0.3 is 15.2 Å². The minimum Gasteiger partial charge on any atom is -0.595 e. The molecule has 2 aliphatic rings. The van der Waals surface area contributed by atoms with Crippen LogP contribution in [0, 0.1) is 11.1 Å². The van der Waals surface area contributed by atoms with E-state index in [9.17, 15) is 24.7 Å². The number of phenolic OH excluding ortho intramolecular Hbond substituents is 1. The van der Waals surface area contributed by atoms with Crippen LogP contribution in [-0.4, -0.2) is 39.7 Å². The fraction of sp³-hybridized carbons (Fsp3) is 0.111. The van der Waals surface area contributed by atoms with Gasteiger partial charge in [-0.15, -0.1) is 0 Å². The summed E-state index contributed by atoms with van der Waals surface area (Å²) in [5, 5.41) is 31.7. The predicted octanol–water partition coefficient (Wildman–Crippen LogP) is -0.0773. The second-order valence-electron chi connectivity index (χ2n) is 6.22. The van der Waals surface area contributed by atoms with Gasteiger partial charge in [0, 0.05) is 17.7 Å². The number of hydrogen-bond donors (Lipinski definition) is 3. The second kappa shape index (κ2) is 6.53. The van der Waals surface area contributed by atoms with Gasteiger partial charge >= 0.3 is 0 Å². The Morgan fingerprint density at radius 2 is 1.71 bits per heavy atom. The highest BCUT2D eigenvalue weighted by molar-refractivity contribution is 6.52. The average molecular weight is 383 g/mol. The summed E-state index contributed by atoms with van der Waals surface area (Å²) in [7, 11) is 0. The molecule has 0 saturated carbocycles. The Balaban J connectivity index is 1.61. The molecule has 0 spiro atoms. The van der Waals surface area contributed by atoms with Crippen LogP contribution < -0.4 is 10.1 Å². The van der Waals surface area contributed by atoms with Crippen LogP contribution in [0.1, 0.15) is 10.4 Å². The van der Waals surface area contributed by atoms with Crippen LogP contribution in [0.3, 0.4) is 0 Å². The van der Waals surface area contributed by atoms with Crippen molar-refractivity contribution in [3.8, 4) is 5.75 Å². The first-order valence-corrected chi connectivity index (χ1v) is 8.17. The topological polar surface area (TPSA) is 144 Å². The van der Waals surface area contributed by atoms with E-state index in [1.807, 2.05) is 0 Å². The van der Waals surface area contributed by atoms with E-state index in [2.05, 4.69) is 5.16 Å². The molecule has 0 aliphatic carbocycles. The molecular formula is C18H13N3O7. The molecule has 0 bridgehead atoms. The molecular weight excluding hydrogens is 370 g/mol. The number of benzene rings is 2. The van der Waals surface area contributed by atoms with E-state index >= 15 is 0 Å².